The van der Waals surface area contributed by atoms with Gasteiger partial charge in [-0.15, -0.1) is 0 Å². The molecule has 0 atom stereocenters. The molecule has 0 saturated heterocycles. The van der Waals surface area contributed by atoms with E-state index in [0.29, 0.717) is 5.75 Å². The van der Waals surface area contributed by atoms with E-state index >= 15 is 0 Å². The van der Waals surface area contributed by atoms with Gasteiger partial charge in [0.25, 0.3) is 0 Å². The monoisotopic (exact) mass is 292 g/mol. The molecule has 0 radical (unpaired) electrons. The lowest BCUT2D eigenvalue weighted by molar-refractivity contribution is 0.251. The highest BCUT2D eigenvalue weighted by Crippen LogP contribution is 2.17. The largest absolute Gasteiger partial charge is 0.496 e. The third-order valence-corrected chi connectivity index (χ3v) is 2.81. The Morgan fingerprint density at radius 1 is 1.19 bits per heavy atom. The normalized spacial score (nSPS) is 10.0. The number of nitrogens with one attached hydrogen (secondary N) is 2. The fraction of sp³-hybridized carbons (Fsp3) is 0.133. The Balaban J connectivity index is 1.97. The Kier molecular flexibility index (Phi) is 4.71. The number of urea groups is 1. The number of hydrogen-bond acceptors (Lipinski definition) is 2. The summed E-state index contributed by atoms with van der Waals surface area (Å²) in [6.07, 6.45) is 0. The number of carbonyl (C=O) groups excluding carboxylic acids is 1. The van der Waals surface area contributed by atoms with E-state index in [4.69, 9.17) is 4.74 Å². The molecule has 0 aliphatic heterocycles. The van der Waals surface area contributed by atoms with Crippen LogP contribution >= 0.6 is 0 Å². The van der Waals surface area contributed by atoms with Gasteiger partial charge in [-0.2, -0.15) is 0 Å². The Morgan fingerprint density at radius 3 is 2.71 bits per heavy atom. The van der Waals surface area contributed by atoms with Gasteiger partial charge in [0.1, 0.15) is 17.4 Å². The summed E-state index contributed by atoms with van der Waals surface area (Å²) < 4.78 is 31.5. The third-order valence-electron chi connectivity index (χ3n) is 2.81. The minimum absolute atomic E-state index is 0.201. The van der Waals surface area contributed by atoms with E-state index in [-0.39, 0.29) is 12.2 Å². The number of para-hydroxylation sites is 1. The van der Waals surface area contributed by atoms with E-state index in [0.717, 1.165) is 23.8 Å². The van der Waals surface area contributed by atoms with Crippen LogP contribution in [0.25, 0.3) is 0 Å². The SMILES string of the molecule is COc1ccccc1CNC(=O)Nc1cc(F)ccc1F. The van der Waals surface area contributed by atoms with Crippen molar-refractivity contribution in [1.82, 2.24) is 5.32 Å². The maximum Gasteiger partial charge on any atom is 0.319 e. The van der Waals surface area contributed by atoms with Crippen LogP contribution in [-0.2, 0) is 6.54 Å². The Labute approximate surface area is 120 Å². The highest BCUT2D eigenvalue weighted by atomic mass is 19.1. The summed E-state index contributed by atoms with van der Waals surface area (Å²) >= 11 is 0. The van der Waals surface area contributed by atoms with Gasteiger partial charge in [0.2, 0.25) is 0 Å². The van der Waals surface area contributed by atoms with Crippen LogP contribution < -0.4 is 15.4 Å². The molecule has 2 aromatic rings. The van der Waals surface area contributed by atoms with E-state index in [1.54, 1.807) is 12.1 Å². The van der Waals surface area contributed by atoms with Gasteiger partial charge in [0, 0.05) is 18.2 Å². The Hall–Kier alpha value is -2.63. The van der Waals surface area contributed by atoms with Crippen molar-refractivity contribution in [3.05, 3.63) is 59.7 Å². The maximum absolute atomic E-state index is 13.4. The van der Waals surface area contributed by atoms with E-state index in [1.807, 2.05) is 12.1 Å². The first-order valence-electron chi connectivity index (χ1n) is 6.22. The quantitative estimate of drug-likeness (QED) is 0.908. The van der Waals surface area contributed by atoms with Crippen LogP contribution in [0.5, 0.6) is 5.75 Å². The molecule has 0 unspecified atom stereocenters. The van der Waals surface area contributed by atoms with Crippen molar-refractivity contribution in [3.8, 4) is 5.75 Å². The molecular weight excluding hydrogens is 278 g/mol. The second-order valence-corrected chi connectivity index (χ2v) is 4.24. The Morgan fingerprint density at radius 2 is 1.95 bits per heavy atom. The van der Waals surface area contributed by atoms with Gasteiger partial charge in [-0.05, 0) is 18.2 Å². The lowest BCUT2D eigenvalue weighted by Crippen LogP contribution is -2.28. The highest BCUT2D eigenvalue weighted by molar-refractivity contribution is 5.89. The fourth-order valence-electron chi connectivity index (χ4n) is 1.78. The first kappa shape index (κ1) is 14.8. The molecule has 2 N–H and O–H groups in total. The van der Waals surface area contributed by atoms with E-state index < -0.39 is 17.7 Å². The molecule has 0 aliphatic rings. The first-order valence-corrected chi connectivity index (χ1v) is 6.22. The summed E-state index contributed by atoms with van der Waals surface area (Å²) in [4.78, 5) is 11.7. The summed E-state index contributed by atoms with van der Waals surface area (Å²) in [6, 6.07) is 9.39. The van der Waals surface area contributed by atoms with Gasteiger partial charge in [0.15, 0.2) is 0 Å². The van der Waals surface area contributed by atoms with Gasteiger partial charge in [-0.3, -0.25) is 0 Å². The van der Waals surface area contributed by atoms with Gasteiger partial charge in [-0.25, -0.2) is 13.6 Å². The molecule has 2 aromatic carbocycles. The fourth-order valence-corrected chi connectivity index (χ4v) is 1.78. The predicted octanol–water partition coefficient (Wildman–Crippen LogP) is 3.30. The van der Waals surface area contributed by atoms with Crippen LogP contribution in [0.15, 0.2) is 42.5 Å². The highest BCUT2D eigenvalue weighted by Gasteiger charge is 2.09. The van der Waals surface area contributed by atoms with Crippen molar-refractivity contribution in [1.29, 1.82) is 0 Å². The van der Waals surface area contributed by atoms with Crippen LogP contribution in [0, 0.1) is 11.6 Å². The summed E-state index contributed by atoms with van der Waals surface area (Å²) in [6.45, 7) is 0.201. The average Bonchev–Trinajstić information content (AvgIpc) is 2.49. The molecule has 2 amide bonds. The number of benzene rings is 2. The van der Waals surface area contributed by atoms with E-state index in [2.05, 4.69) is 10.6 Å². The molecule has 4 nitrogen and oxygen atoms in total. The second-order valence-electron chi connectivity index (χ2n) is 4.24. The first-order chi connectivity index (χ1) is 10.1. The van der Waals surface area contributed by atoms with Crippen LogP contribution in [0.1, 0.15) is 5.56 Å². The molecule has 0 aliphatic carbocycles. The molecule has 2 rings (SSSR count). The van der Waals surface area contributed by atoms with Crippen LogP contribution in [0.2, 0.25) is 0 Å². The number of amides is 2. The van der Waals surface area contributed by atoms with Crippen molar-refractivity contribution in [2.24, 2.45) is 0 Å². The molecule has 0 spiro atoms. The molecule has 21 heavy (non-hydrogen) atoms. The number of methoxy groups -OCH3 is 1. The van der Waals surface area contributed by atoms with Crippen molar-refractivity contribution < 1.29 is 18.3 Å². The zero-order chi connectivity index (χ0) is 15.2. The molecule has 0 fully saturated rings. The predicted molar refractivity (Wildman–Crippen MR) is 75.2 cm³/mol. The molecule has 0 bridgehead atoms. The van der Waals surface area contributed by atoms with Gasteiger partial charge in [0.05, 0.1) is 12.8 Å². The zero-order valence-electron chi connectivity index (χ0n) is 11.3. The molecular formula is C15H14F2N2O2. The molecule has 0 heterocycles. The lowest BCUT2D eigenvalue weighted by atomic mass is 10.2. The van der Waals surface area contributed by atoms with Gasteiger partial charge >= 0.3 is 6.03 Å². The number of hydrogen-bond donors (Lipinski definition) is 2. The number of rotatable bonds is 4. The topological polar surface area (TPSA) is 50.4 Å². The van der Waals surface area contributed by atoms with E-state index in [9.17, 15) is 13.6 Å². The molecule has 0 saturated carbocycles. The minimum atomic E-state index is -0.705. The molecule has 6 heteroatoms. The van der Waals surface area contributed by atoms with Crippen LogP contribution in [-0.4, -0.2) is 13.1 Å². The lowest BCUT2D eigenvalue weighted by Gasteiger charge is -2.11. The standard InChI is InChI=1S/C15H14F2N2O2/c1-21-14-5-3-2-4-10(14)9-18-15(20)19-13-8-11(16)6-7-12(13)17/h2-8H,9H2,1H3,(H2,18,19,20). The van der Waals surface area contributed by atoms with Crippen molar-refractivity contribution in [2.75, 3.05) is 12.4 Å². The van der Waals surface area contributed by atoms with Crippen molar-refractivity contribution in [2.45, 2.75) is 6.54 Å². The number of ether oxygens (including phenoxy) is 1. The zero-order valence-corrected chi connectivity index (χ0v) is 11.3. The smallest absolute Gasteiger partial charge is 0.319 e. The number of anilines is 1. The third kappa shape index (κ3) is 3.92. The van der Waals surface area contributed by atoms with Crippen molar-refractivity contribution in [3.63, 3.8) is 0 Å². The summed E-state index contributed by atoms with van der Waals surface area (Å²) in [5.41, 5.74) is 0.558. The summed E-state index contributed by atoms with van der Waals surface area (Å²) in [7, 11) is 1.53. The second kappa shape index (κ2) is 6.69. The van der Waals surface area contributed by atoms with E-state index in [1.165, 1.54) is 7.11 Å². The van der Waals surface area contributed by atoms with Crippen molar-refractivity contribution >= 4 is 11.7 Å². The minimum Gasteiger partial charge on any atom is -0.496 e. The Bertz CT molecular complexity index is 647. The number of halogens is 2. The van der Waals surface area contributed by atoms with Crippen LogP contribution in [0.3, 0.4) is 0 Å². The molecule has 110 valence electrons. The van der Waals surface area contributed by atoms with Crippen LogP contribution in [0.4, 0.5) is 19.3 Å². The molecule has 0 aromatic heterocycles. The van der Waals surface area contributed by atoms with Gasteiger partial charge < -0.3 is 15.4 Å². The maximum atomic E-state index is 13.4. The van der Waals surface area contributed by atoms with Gasteiger partial charge in [-0.1, -0.05) is 18.2 Å². The average molecular weight is 292 g/mol. The summed E-state index contributed by atoms with van der Waals surface area (Å²) in [5, 5.41) is 4.80. The summed E-state index contributed by atoms with van der Waals surface area (Å²) in [5.74, 6) is -0.699. The number of carbonyl (C=O) groups is 1.